The maximum absolute atomic E-state index is 13.3. The van der Waals surface area contributed by atoms with Crippen molar-refractivity contribution in [3.8, 4) is 22.5 Å². The molecule has 0 saturated carbocycles. The van der Waals surface area contributed by atoms with Crippen molar-refractivity contribution in [2.75, 3.05) is 31.6 Å². The molecule has 2 amide bonds. The van der Waals surface area contributed by atoms with Crippen LogP contribution in [0.15, 0.2) is 36.7 Å². The lowest BCUT2D eigenvalue weighted by molar-refractivity contribution is 0.0207. The fourth-order valence-electron chi connectivity index (χ4n) is 3.81. The number of rotatable bonds is 3. The van der Waals surface area contributed by atoms with Crippen molar-refractivity contribution < 1.29 is 14.3 Å². The minimum Gasteiger partial charge on any atom is -0.379 e. The zero-order valence-electron chi connectivity index (χ0n) is 15.9. The van der Waals surface area contributed by atoms with Crippen LogP contribution in [-0.2, 0) is 11.8 Å². The molecule has 9 nitrogen and oxygen atoms in total. The molecule has 5 rings (SSSR count). The van der Waals surface area contributed by atoms with Crippen LogP contribution in [0, 0.1) is 0 Å². The molecule has 0 unspecified atom stereocenters. The van der Waals surface area contributed by atoms with Crippen LogP contribution in [0.1, 0.15) is 15.9 Å². The molecule has 3 N–H and O–H groups in total. The fourth-order valence-corrected chi connectivity index (χ4v) is 3.81. The Morgan fingerprint density at radius 1 is 1.21 bits per heavy atom. The van der Waals surface area contributed by atoms with Crippen LogP contribution in [0.25, 0.3) is 22.5 Å². The number of aromatic nitrogens is 3. The van der Waals surface area contributed by atoms with Gasteiger partial charge in [-0.3, -0.25) is 15.3 Å². The number of hydrazine groups is 1. The zero-order chi connectivity index (χ0) is 20.0. The maximum atomic E-state index is 13.3. The number of nitrogens with zero attached hydrogens (tertiary/aromatic N) is 3. The largest absolute Gasteiger partial charge is 0.379 e. The summed E-state index contributed by atoms with van der Waals surface area (Å²) in [6, 6.07) is 6.94. The highest BCUT2D eigenvalue weighted by molar-refractivity contribution is 6.26. The Labute approximate surface area is 166 Å². The number of carbonyl (C=O) groups excluding carboxylic acids is 2. The number of H-pyrrole nitrogens is 1. The van der Waals surface area contributed by atoms with Crippen molar-refractivity contribution in [2.24, 2.45) is 7.05 Å². The molecule has 9 heteroatoms. The van der Waals surface area contributed by atoms with Gasteiger partial charge in [0.2, 0.25) is 0 Å². The number of morpholine rings is 1. The van der Waals surface area contributed by atoms with Crippen LogP contribution in [0.2, 0.25) is 0 Å². The first-order valence-corrected chi connectivity index (χ1v) is 9.41. The average molecular weight is 392 g/mol. The standard InChI is InChI=1S/C20H20N6O3/c1-25-6-5-12(11-25)17-16-18(23-22-17)13-3-2-4-14(15(13)19(16)27)21-20(28)24-26-7-9-29-10-8-26/h2-6,11H,7-10H2,1H3,(H,22,23)(H2,21,24,28). The summed E-state index contributed by atoms with van der Waals surface area (Å²) < 4.78 is 7.19. The molecule has 1 aliphatic carbocycles. The number of ether oxygens (including phenoxy) is 1. The quantitative estimate of drug-likeness (QED) is 0.495. The third kappa shape index (κ3) is 3.00. The van der Waals surface area contributed by atoms with E-state index in [2.05, 4.69) is 20.9 Å². The average Bonchev–Trinajstić information content (AvgIpc) is 3.40. The number of hydrogen-bond acceptors (Lipinski definition) is 5. The van der Waals surface area contributed by atoms with Gasteiger partial charge in [0.05, 0.1) is 35.7 Å². The molecule has 1 aliphatic heterocycles. The lowest BCUT2D eigenvalue weighted by Crippen LogP contribution is -2.49. The Balaban J connectivity index is 1.44. The predicted octanol–water partition coefficient (Wildman–Crippen LogP) is 2.00. The van der Waals surface area contributed by atoms with Crippen LogP contribution in [-0.4, -0.2) is 57.9 Å². The van der Waals surface area contributed by atoms with Gasteiger partial charge in [-0.25, -0.2) is 9.80 Å². The number of amides is 2. The van der Waals surface area contributed by atoms with Crippen LogP contribution < -0.4 is 10.7 Å². The normalized spacial score (nSPS) is 15.8. The summed E-state index contributed by atoms with van der Waals surface area (Å²) in [5, 5.41) is 12.0. The van der Waals surface area contributed by atoms with Crippen molar-refractivity contribution in [1.29, 1.82) is 0 Å². The number of aryl methyl sites for hydroxylation is 1. The third-order valence-corrected chi connectivity index (χ3v) is 5.18. The van der Waals surface area contributed by atoms with E-state index in [1.807, 2.05) is 42.2 Å². The van der Waals surface area contributed by atoms with Gasteiger partial charge in [-0.1, -0.05) is 12.1 Å². The van der Waals surface area contributed by atoms with Gasteiger partial charge >= 0.3 is 6.03 Å². The minimum absolute atomic E-state index is 0.148. The van der Waals surface area contributed by atoms with Gasteiger partial charge in [-0.2, -0.15) is 5.10 Å². The number of carbonyl (C=O) groups is 2. The first kappa shape index (κ1) is 17.7. The first-order valence-electron chi connectivity index (χ1n) is 9.41. The van der Waals surface area contributed by atoms with Crippen molar-refractivity contribution in [3.63, 3.8) is 0 Å². The van der Waals surface area contributed by atoms with Crippen LogP contribution in [0.4, 0.5) is 10.5 Å². The summed E-state index contributed by atoms with van der Waals surface area (Å²) in [5.74, 6) is -0.148. The molecule has 0 atom stereocenters. The van der Waals surface area contributed by atoms with Gasteiger partial charge in [-0.15, -0.1) is 0 Å². The molecule has 1 fully saturated rings. The summed E-state index contributed by atoms with van der Waals surface area (Å²) in [6.07, 6.45) is 3.83. The second kappa shape index (κ2) is 6.87. The number of hydrogen-bond donors (Lipinski definition) is 3. The monoisotopic (exact) mass is 392 g/mol. The van der Waals surface area contributed by atoms with Gasteiger partial charge in [0.1, 0.15) is 5.69 Å². The number of anilines is 1. The van der Waals surface area contributed by atoms with E-state index in [9.17, 15) is 9.59 Å². The van der Waals surface area contributed by atoms with Crippen molar-refractivity contribution >= 4 is 17.5 Å². The summed E-state index contributed by atoms with van der Waals surface area (Å²) in [4.78, 5) is 25.7. The highest BCUT2D eigenvalue weighted by Crippen LogP contribution is 2.42. The molecule has 1 saturated heterocycles. The van der Waals surface area contributed by atoms with Gasteiger partial charge in [0.15, 0.2) is 5.78 Å². The molecule has 0 radical (unpaired) electrons. The van der Waals surface area contributed by atoms with E-state index >= 15 is 0 Å². The molecular weight excluding hydrogens is 372 g/mol. The minimum atomic E-state index is -0.384. The molecule has 2 aromatic heterocycles. The molecule has 3 aromatic rings. The maximum Gasteiger partial charge on any atom is 0.333 e. The van der Waals surface area contributed by atoms with Crippen LogP contribution in [0.5, 0.6) is 0 Å². The third-order valence-electron chi connectivity index (χ3n) is 5.18. The van der Waals surface area contributed by atoms with Crippen molar-refractivity contribution in [1.82, 2.24) is 25.2 Å². The Hall–Kier alpha value is -3.43. The number of benzene rings is 1. The molecule has 148 valence electrons. The Morgan fingerprint density at radius 3 is 2.79 bits per heavy atom. The number of fused-ring (bicyclic) bond motifs is 3. The highest BCUT2D eigenvalue weighted by Gasteiger charge is 2.35. The van der Waals surface area contributed by atoms with Crippen molar-refractivity contribution in [3.05, 3.63) is 47.8 Å². The second-order valence-electron chi connectivity index (χ2n) is 7.11. The summed E-state index contributed by atoms with van der Waals surface area (Å²) in [6.45, 7) is 2.39. The van der Waals surface area contributed by atoms with Gasteiger partial charge in [-0.05, 0) is 12.1 Å². The topological polar surface area (TPSA) is 104 Å². The van der Waals surface area contributed by atoms with Gasteiger partial charge in [0.25, 0.3) is 0 Å². The summed E-state index contributed by atoms with van der Waals surface area (Å²) >= 11 is 0. The number of nitrogens with one attached hydrogen (secondary N) is 3. The molecule has 1 aromatic carbocycles. The summed E-state index contributed by atoms with van der Waals surface area (Å²) in [5.41, 5.74) is 7.19. The Morgan fingerprint density at radius 2 is 2.03 bits per heavy atom. The second-order valence-corrected chi connectivity index (χ2v) is 7.11. The smallest absolute Gasteiger partial charge is 0.333 e. The fraction of sp³-hybridized carbons (Fsp3) is 0.250. The lowest BCUT2D eigenvalue weighted by atomic mass is 10.0. The predicted molar refractivity (Wildman–Crippen MR) is 106 cm³/mol. The first-order chi connectivity index (χ1) is 14.1. The lowest BCUT2D eigenvalue weighted by Gasteiger charge is -2.27. The number of ketones is 1. The van der Waals surface area contributed by atoms with Gasteiger partial charge < -0.3 is 14.6 Å². The van der Waals surface area contributed by atoms with E-state index in [-0.39, 0.29) is 11.8 Å². The Kier molecular flexibility index (Phi) is 4.18. The van der Waals surface area contributed by atoms with Crippen LogP contribution in [0.3, 0.4) is 0 Å². The molecule has 29 heavy (non-hydrogen) atoms. The van der Waals surface area contributed by atoms with Gasteiger partial charge in [0, 0.05) is 43.7 Å². The van der Waals surface area contributed by atoms with E-state index in [0.717, 1.165) is 11.1 Å². The van der Waals surface area contributed by atoms with Crippen molar-refractivity contribution in [2.45, 2.75) is 0 Å². The van der Waals surface area contributed by atoms with E-state index in [1.54, 1.807) is 11.1 Å². The molecule has 0 bridgehead atoms. The SMILES string of the molecule is Cn1ccc(-c2n[nH]c3c2C(=O)c2c(NC(=O)NN4CCOCC4)cccc2-3)c1. The zero-order valence-corrected chi connectivity index (χ0v) is 15.9. The van der Waals surface area contributed by atoms with E-state index in [1.165, 1.54) is 0 Å². The van der Waals surface area contributed by atoms with E-state index in [4.69, 9.17) is 4.74 Å². The molecule has 2 aliphatic rings. The summed E-state index contributed by atoms with van der Waals surface area (Å²) in [7, 11) is 1.92. The van der Waals surface area contributed by atoms with Crippen LogP contribution >= 0.6 is 0 Å². The van der Waals surface area contributed by atoms with E-state index in [0.29, 0.717) is 54.5 Å². The molecule has 3 heterocycles. The van der Waals surface area contributed by atoms with E-state index < -0.39 is 0 Å². The molecular formula is C20H20N6O3. The number of urea groups is 1. The highest BCUT2D eigenvalue weighted by atomic mass is 16.5. The number of aromatic amines is 1. The Bertz CT molecular complexity index is 1110. The molecule has 0 spiro atoms.